The van der Waals surface area contributed by atoms with Gasteiger partial charge in [-0.3, -0.25) is 4.79 Å². The van der Waals surface area contributed by atoms with Gasteiger partial charge in [-0.15, -0.1) is 0 Å². The highest BCUT2D eigenvalue weighted by molar-refractivity contribution is 5.99. The number of benzene rings is 1. The zero-order valence-corrected chi connectivity index (χ0v) is 12.1. The lowest BCUT2D eigenvalue weighted by atomic mass is 9.75. The van der Waals surface area contributed by atoms with Crippen molar-refractivity contribution < 1.29 is 4.79 Å². The summed E-state index contributed by atoms with van der Waals surface area (Å²) in [5.74, 6) is 0.0443. The fraction of sp³-hybridized carbons (Fsp3) is 0.562. The van der Waals surface area contributed by atoms with Crippen molar-refractivity contribution in [1.29, 1.82) is 0 Å². The van der Waals surface area contributed by atoms with Gasteiger partial charge in [0.2, 0.25) is 0 Å². The van der Waals surface area contributed by atoms with Crippen molar-refractivity contribution in [3.63, 3.8) is 0 Å². The highest BCUT2D eigenvalue weighted by Gasteiger charge is 2.31. The van der Waals surface area contributed by atoms with Gasteiger partial charge in [0.05, 0.1) is 5.56 Å². The number of carbonyl (C=O) groups excluding carboxylic acids is 1. The molecule has 0 aliphatic heterocycles. The van der Waals surface area contributed by atoms with E-state index in [1.165, 1.54) is 12.8 Å². The summed E-state index contributed by atoms with van der Waals surface area (Å²) in [6, 6.07) is 7.66. The Morgan fingerprint density at radius 2 is 1.84 bits per heavy atom. The maximum absolute atomic E-state index is 12.5. The maximum atomic E-state index is 12.5. The van der Waals surface area contributed by atoms with Gasteiger partial charge in [0.1, 0.15) is 0 Å². The number of rotatable bonds is 2. The maximum Gasteiger partial charge on any atom is 0.255 e. The summed E-state index contributed by atoms with van der Waals surface area (Å²) in [6.45, 7) is 4.61. The van der Waals surface area contributed by atoms with Crippen LogP contribution >= 0.6 is 0 Å². The van der Waals surface area contributed by atoms with Crippen LogP contribution in [0.1, 0.15) is 49.9 Å². The predicted molar refractivity (Wildman–Crippen MR) is 79.0 cm³/mol. The number of anilines is 1. The van der Waals surface area contributed by atoms with Gasteiger partial charge in [-0.05, 0) is 43.2 Å². The Morgan fingerprint density at radius 1 is 1.26 bits per heavy atom. The third kappa shape index (κ3) is 3.09. The van der Waals surface area contributed by atoms with Crippen molar-refractivity contribution in [3.8, 4) is 0 Å². The molecular formula is C16H24N2O. The van der Waals surface area contributed by atoms with E-state index < -0.39 is 0 Å². The van der Waals surface area contributed by atoms with Crippen LogP contribution < -0.4 is 5.73 Å². The van der Waals surface area contributed by atoms with Gasteiger partial charge in [-0.25, -0.2) is 0 Å². The van der Waals surface area contributed by atoms with Crippen LogP contribution in [0.2, 0.25) is 0 Å². The van der Waals surface area contributed by atoms with Crippen LogP contribution in [0, 0.1) is 5.41 Å². The topological polar surface area (TPSA) is 46.3 Å². The second kappa shape index (κ2) is 5.24. The van der Waals surface area contributed by atoms with Crippen LogP contribution in [0.4, 0.5) is 5.69 Å². The van der Waals surface area contributed by atoms with E-state index in [2.05, 4.69) is 13.8 Å². The van der Waals surface area contributed by atoms with Crippen LogP contribution in [0.15, 0.2) is 24.3 Å². The molecule has 3 nitrogen and oxygen atoms in total. The normalized spacial score (nSPS) is 19.1. The molecule has 0 atom stereocenters. The molecule has 1 amide bonds. The largest absolute Gasteiger partial charge is 0.398 e. The average molecular weight is 260 g/mol. The van der Waals surface area contributed by atoms with E-state index in [4.69, 9.17) is 5.73 Å². The summed E-state index contributed by atoms with van der Waals surface area (Å²) in [6.07, 6.45) is 4.53. The van der Waals surface area contributed by atoms with E-state index >= 15 is 0 Å². The molecule has 3 heteroatoms. The van der Waals surface area contributed by atoms with E-state index in [0.29, 0.717) is 22.7 Å². The first-order valence-corrected chi connectivity index (χ1v) is 7.02. The Balaban J connectivity index is 2.06. The van der Waals surface area contributed by atoms with Crippen molar-refractivity contribution >= 4 is 11.6 Å². The number of hydrogen-bond acceptors (Lipinski definition) is 2. The molecule has 1 aromatic rings. The van der Waals surface area contributed by atoms with Crippen LogP contribution in [-0.4, -0.2) is 23.9 Å². The highest BCUT2D eigenvalue weighted by Crippen LogP contribution is 2.37. The number of carbonyl (C=O) groups is 1. The molecule has 0 saturated heterocycles. The van der Waals surface area contributed by atoms with Crippen molar-refractivity contribution in [2.75, 3.05) is 12.8 Å². The first-order chi connectivity index (χ1) is 8.91. The summed E-state index contributed by atoms with van der Waals surface area (Å²) in [7, 11) is 1.90. The number of nitrogens with two attached hydrogens (primary N) is 1. The van der Waals surface area contributed by atoms with Crippen LogP contribution in [0.25, 0.3) is 0 Å². The van der Waals surface area contributed by atoms with Crippen molar-refractivity contribution in [3.05, 3.63) is 29.8 Å². The van der Waals surface area contributed by atoms with Gasteiger partial charge in [-0.1, -0.05) is 26.0 Å². The second-order valence-electron chi connectivity index (χ2n) is 6.40. The van der Waals surface area contributed by atoms with Crippen molar-refractivity contribution in [2.45, 2.75) is 45.6 Å². The number of para-hydroxylation sites is 1. The lowest BCUT2D eigenvalue weighted by molar-refractivity contribution is 0.0636. The quantitative estimate of drug-likeness (QED) is 0.829. The van der Waals surface area contributed by atoms with Gasteiger partial charge in [0.15, 0.2) is 0 Å². The van der Waals surface area contributed by atoms with E-state index in [0.717, 1.165) is 12.8 Å². The molecule has 0 bridgehead atoms. The standard InChI is InChI=1S/C16H24N2O/c1-16(2)10-8-12(9-11-16)18(3)15(19)13-6-4-5-7-14(13)17/h4-7,12H,8-11,17H2,1-3H3. The Bertz CT molecular complexity index is 458. The first-order valence-electron chi connectivity index (χ1n) is 7.02. The minimum absolute atomic E-state index is 0.0443. The van der Waals surface area contributed by atoms with E-state index in [-0.39, 0.29) is 5.91 Å². The zero-order valence-electron chi connectivity index (χ0n) is 12.1. The molecule has 1 saturated carbocycles. The molecule has 0 aromatic heterocycles. The summed E-state index contributed by atoms with van der Waals surface area (Å²) in [5, 5.41) is 0. The molecule has 1 aliphatic carbocycles. The Kier molecular flexibility index (Phi) is 3.83. The van der Waals surface area contributed by atoms with Crippen LogP contribution in [0.3, 0.4) is 0 Å². The molecule has 1 fully saturated rings. The molecule has 0 unspecified atom stereocenters. The monoisotopic (exact) mass is 260 g/mol. The van der Waals surface area contributed by atoms with Crippen LogP contribution in [0.5, 0.6) is 0 Å². The number of nitrogen functional groups attached to an aromatic ring is 1. The smallest absolute Gasteiger partial charge is 0.255 e. The molecule has 104 valence electrons. The van der Waals surface area contributed by atoms with E-state index in [1.807, 2.05) is 24.1 Å². The predicted octanol–water partition coefficient (Wildman–Crippen LogP) is 3.31. The highest BCUT2D eigenvalue weighted by atomic mass is 16.2. The SMILES string of the molecule is CN(C(=O)c1ccccc1N)C1CCC(C)(C)CC1. The Morgan fingerprint density at radius 3 is 2.42 bits per heavy atom. The summed E-state index contributed by atoms with van der Waals surface area (Å²) in [5.41, 5.74) is 7.49. The average Bonchev–Trinajstić information content (AvgIpc) is 2.38. The van der Waals surface area contributed by atoms with Crippen molar-refractivity contribution in [1.82, 2.24) is 4.90 Å². The molecule has 1 aliphatic rings. The molecule has 0 spiro atoms. The van der Waals surface area contributed by atoms with Gasteiger partial charge in [0.25, 0.3) is 5.91 Å². The molecule has 0 radical (unpaired) electrons. The first kappa shape index (κ1) is 13.9. The molecule has 19 heavy (non-hydrogen) atoms. The third-order valence-electron chi connectivity index (χ3n) is 4.37. The van der Waals surface area contributed by atoms with Gasteiger partial charge in [0, 0.05) is 18.8 Å². The van der Waals surface area contributed by atoms with E-state index in [9.17, 15) is 4.79 Å². The number of hydrogen-bond donors (Lipinski definition) is 1. The molecule has 1 aromatic carbocycles. The summed E-state index contributed by atoms with van der Waals surface area (Å²) >= 11 is 0. The van der Waals surface area contributed by atoms with Crippen molar-refractivity contribution in [2.24, 2.45) is 5.41 Å². The minimum atomic E-state index is 0.0443. The van der Waals surface area contributed by atoms with Gasteiger partial charge >= 0.3 is 0 Å². The molecule has 2 N–H and O–H groups in total. The second-order valence-corrected chi connectivity index (χ2v) is 6.40. The molecular weight excluding hydrogens is 236 g/mol. The van der Waals surface area contributed by atoms with Crippen LogP contribution in [-0.2, 0) is 0 Å². The Labute approximate surface area is 115 Å². The summed E-state index contributed by atoms with van der Waals surface area (Å²) in [4.78, 5) is 14.3. The number of nitrogens with zero attached hydrogens (tertiary/aromatic N) is 1. The fourth-order valence-corrected chi connectivity index (χ4v) is 2.82. The number of amides is 1. The fourth-order valence-electron chi connectivity index (χ4n) is 2.82. The molecule has 2 rings (SSSR count). The zero-order chi connectivity index (χ0) is 14.0. The van der Waals surface area contributed by atoms with Gasteiger partial charge in [-0.2, -0.15) is 0 Å². The molecule has 0 heterocycles. The third-order valence-corrected chi connectivity index (χ3v) is 4.37. The van der Waals surface area contributed by atoms with E-state index in [1.54, 1.807) is 12.1 Å². The summed E-state index contributed by atoms with van der Waals surface area (Å²) < 4.78 is 0. The minimum Gasteiger partial charge on any atom is -0.398 e. The Hall–Kier alpha value is -1.51. The lowest BCUT2D eigenvalue weighted by Crippen LogP contribution is -2.41. The lowest BCUT2D eigenvalue weighted by Gasteiger charge is -2.38. The van der Waals surface area contributed by atoms with Gasteiger partial charge < -0.3 is 10.6 Å².